The molecule has 2 nitrogen and oxygen atoms in total. The first-order valence-electron chi connectivity index (χ1n) is 4.66. The van der Waals surface area contributed by atoms with Crippen LogP contribution in [0.5, 0.6) is 0 Å². The van der Waals surface area contributed by atoms with Crippen LogP contribution in [0.15, 0.2) is 15.9 Å². The molecule has 2 aromatic heterocycles. The van der Waals surface area contributed by atoms with Gasteiger partial charge in [-0.15, -0.1) is 22.7 Å². The Labute approximate surface area is 110 Å². The van der Waals surface area contributed by atoms with Gasteiger partial charge in [0.15, 0.2) is 0 Å². The molecule has 2 aromatic rings. The SMILES string of the molecule is Cc1sc(N)c(C(=O)c2ccc(Br)s2)c1C. The number of carbonyl (C=O) groups is 1. The van der Waals surface area contributed by atoms with E-state index in [9.17, 15) is 4.79 Å². The van der Waals surface area contributed by atoms with Crippen molar-refractivity contribution in [2.24, 2.45) is 0 Å². The molecule has 16 heavy (non-hydrogen) atoms. The van der Waals surface area contributed by atoms with Gasteiger partial charge in [-0.2, -0.15) is 0 Å². The highest BCUT2D eigenvalue weighted by Crippen LogP contribution is 2.33. The van der Waals surface area contributed by atoms with Gasteiger partial charge in [-0.25, -0.2) is 0 Å². The number of hydrogen-bond acceptors (Lipinski definition) is 4. The topological polar surface area (TPSA) is 43.1 Å². The molecule has 0 radical (unpaired) electrons. The number of aryl methyl sites for hydroxylation is 1. The number of rotatable bonds is 2. The highest BCUT2D eigenvalue weighted by molar-refractivity contribution is 9.11. The molecule has 0 unspecified atom stereocenters. The van der Waals surface area contributed by atoms with Crippen molar-refractivity contribution in [2.45, 2.75) is 13.8 Å². The van der Waals surface area contributed by atoms with Gasteiger partial charge in [-0.3, -0.25) is 4.79 Å². The van der Waals surface area contributed by atoms with Crippen molar-refractivity contribution in [3.8, 4) is 0 Å². The van der Waals surface area contributed by atoms with Crippen LogP contribution in [0.3, 0.4) is 0 Å². The third kappa shape index (κ3) is 1.95. The smallest absolute Gasteiger partial charge is 0.206 e. The van der Waals surface area contributed by atoms with Gasteiger partial charge in [0.05, 0.1) is 19.2 Å². The van der Waals surface area contributed by atoms with E-state index in [0.29, 0.717) is 10.6 Å². The Balaban J connectivity index is 2.49. The number of thiophene rings is 2. The fourth-order valence-electron chi connectivity index (χ4n) is 1.50. The standard InChI is InChI=1S/C11H10BrNOS2/c1-5-6(2)15-11(13)9(5)10(14)7-3-4-8(12)16-7/h3-4H,13H2,1-2H3. The molecule has 0 saturated heterocycles. The minimum atomic E-state index is 0.0232. The Bertz CT molecular complexity index is 556. The van der Waals surface area contributed by atoms with Crippen LogP contribution in [0.2, 0.25) is 0 Å². The Morgan fingerprint density at radius 2 is 2.00 bits per heavy atom. The molecule has 0 atom stereocenters. The van der Waals surface area contributed by atoms with Crippen LogP contribution >= 0.6 is 38.6 Å². The van der Waals surface area contributed by atoms with Gasteiger partial charge in [0.25, 0.3) is 0 Å². The van der Waals surface area contributed by atoms with Gasteiger partial charge < -0.3 is 5.73 Å². The minimum Gasteiger partial charge on any atom is -0.390 e. The number of nitrogens with two attached hydrogens (primary N) is 1. The lowest BCUT2D eigenvalue weighted by Crippen LogP contribution is -2.02. The molecule has 2 rings (SSSR count). The van der Waals surface area contributed by atoms with Crippen LogP contribution in [-0.4, -0.2) is 5.78 Å². The van der Waals surface area contributed by atoms with E-state index in [1.807, 2.05) is 26.0 Å². The molecule has 0 aromatic carbocycles. The number of halogens is 1. The lowest BCUT2D eigenvalue weighted by atomic mass is 10.1. The number of hydrogen-bond donors (Lipinski definition) is 1. The average Bonchev–Trinajstić information content (AvgIpc) is 2.73. The Hall–Kier alpha value is -0.650. The van der Waals surface area contributed by atoms with E-state index >= 15 is 0 Å². The molecule has 2 N–H and O–H groups in total. The second-order valence-electron chi connectivity index (χ2n) is 3.46. The molecule has 2 heterocycles. The van der Waals surface area contributed by atoms with Crippen molar-refractivity contribution in [3.05, 3.63) is 36.8 Å². The summed E-state index contributed by atoms with van der Waals surface area (Å²) in [5.74, 6) is 0.0232. The summed E-state index contributed by atoms with van der Waals surface area (Å²) >= 11 is 6.26. The van der Waals surface area contributed by atoms with Crippen molar-refractivity contribution in [2.75, 3.05) is 5.73 Å². The second kappa shape index (κ2) is 4.31. The van der Waals surface area contributed by atoms with Gasteiger partial charge in [0, 0.05) is 4.88 Å². The van der Waals surface area contributed by atoms with Gasteiger partial charge in [0.1, 0.15) is 0 Å². The first-order chi connectivity index (χ1) is 7.50. The molecule has 0 aliphatic heterocycles. The van der Waals surface area contributed by atoms with Crippen molar-refractivity contribution in [1.29, 1.82) is 0 Å². The highest BCUT2D eigenvalue weighted by Gasteiger charge is 2.20. The van der Waals surface area contributed by atoms with Crippen LogP contribution in [-0.2, 0) is 0 Å². The maximum atomic E-state index is 12.2. The predicted molar refractivity (Wildman–Crippen MR) is 73.7 cm³/mol. The molecule has 0 spiro atoms. The number of ketones is 1. The summed E-state index contributed by atoms with van der Waals surface area (Å²) in [4.78, 5) is 14.1. The predicted octanol–water partition coefficient (Wildman–Crippen LogP) is 4.00. The first-order valence-corrected chi connectivity index (χ1v) is 7.08. The fraction of sp³-hybridized carbons (Fsp3) is 0.182. The quantitative estimate of drug-likeness (QED) is 0.851. The second-order valence-corrected chi connectivity index (χ2v) is 7.17. The largest absolute Gasteiger partial charge is 0.390 e. The maximum Gasteiger partial charge on any atom is 0.206 e. The average molecular weight is 316 g/mol. The van der Waals surface area contributed by atoms with Crippen molar-refractivity contribution >= 4 is 49.4 Å². The monoisotopic (exact) mass is 315 g/mol. The lowest BCUT2D eigenvalue weighted by Gasteiger charge is -1.99. The molecule has 0 aliphatic carbocycles. The normalized spacial score (nSPS) is 10.7. The van der Waals surface area contributed by atoms with E-state index < -0.39 is 0 Å². The summed E-state index contributed by atoms with van der Waals surface area (Å²) in [6.07, 6.45) is 0. The van der Waals surface area contributed by atoms with Crippen molar-refractivity contribution < 1.29 is 4.79 Å². The molecule has 0 aliphatic rings. The zero-order chi connectivity index (χ0) is 11.9. The molecule has 0 bridgehead atoms. The Morgan fingerprint density at radius 1 is 1.31 bits per heavy atom. The van der Waals surface area contributed by atoms with Gasteiger partial charge >= 0.3 is 0 Å². The van der Waals surface area contributed by atoms with Gasteiger partial charge in [-0.1, -0.05) is 0 Å². The summed E-state index contributed by atoms with van der Waals surface area (Å²) in [5.41, 5.74) is 7.54. The lowest BCUT2D eigenvalue weighted by molar-refractivity contribution is 0.104. The summed E-state index contributed by atoms with van der Waals surface area (Å²) in [6.45, 7) is 3.93. The Morgan fingerprint density at radius 3 is 2.44 bits per heavy atom. The summed E-state index contributed by atoms with van der Waals surface area (Å²) < 4.78 is 0.957. The van der Waals surface area contributed by atoms with Crippen molar-refractivity contribution in [1.82, 2.24) is 0 Å². The molecule has 0 fully saturated rings. The van der Waals surface area contributed by atoms with Crippen molar-refractivity contribution in [3.63, 3.8) is 0 Å². The third-order valence-electron chi connectivity index (χ3n) is 2.44. The number of nitrogen functional groups attached to an aromatic ring is 1. The van der Waals surface area contributed by atoms with E-state index in [0.717, 1.165) is 19.1 Å². The molecule has 0 amide bonds. The van der Waals surface area contributed by atoms with E-state index in [-0.39, 0.29) is 5.78 Å². The zero-order valence-corrected chi connectivity index (χ0v) is 12.1. The summed E-state index contributed by atoms with van der Waals surface area (Å²) in [5, 5.41) is 0.615. The number of anilines is 1. The molecular weight excluding hydrogens is 306 g/mol. The van der Waals surface area contributed by atoms with Gasteiger partial charge in [0.2, 0.25) is 5.78 Å². The van der Waals surface area contributed by atoms with Crippen LogP contribution in [0.4, 0.5) is 5.00 Å². The minimum absolute atomic E-state index is 0.0232. The third-order valence-corrected chi connectivity index (χ3v) is 5.10. The molecule has 5 heteroatoms. The Kier molecular flexibility index (Phi) is 3.19. The van der Waals surface area contributed by atoms with E-state index in [1.54, 1.807) is 0 Å². The molecule has 0 saturated carbocycles. The van der Waals surface area contributed by atoms with E-state index in [2.05, 4.69) is 15.9 Å². The van der Waals surface area contributed by atoms with E-state index in [1.165, 1.54) is 22.7 Å². The summed E-state index contributed by atoms with van der Waals surface area (Å²) in [6, 6.07) is 3.70. The fourth-order valence-corrected chi connectivity index (χ4v) is 3.76. The molecular formula is C11H10BrNOS2. The highest BCUT2D eigenvalue weighted by atomic mass is 79.9. The van der Waals surface area contributed by atoms with Crippen LogP contribution in [0.25, 0.3) is 0 Å². The maximum absolute atomic E-state index is 12.2. The van der Waals surface area contributed by atoms with Crippen LogP contribution < -0.4 is 5.73 Å². The summed E-state index contributed by atoms with van der Waals surface area (Å²) in [7, 11) is 0. The number of carbonyl (C=O) groups excluding carboxylic acids is 1. The zero-order valence-electron chi connectivity index (χ0n) is 8.83. The van der Waals surface area contributed by atoms with Crippen LogP contribution in [0, 0.1) is 13.8 Å². The molecule has 84 valence electrons. The van der Waals surface area contributed by atoms with E-state index in [4.69, 9.17) is 5.73 Å². The van der Waals surface area contributed by atoms with Gasteiger partial charge in [-0.05, 0) is 47.5 Å². The van der Waals surface area contributed by atoms with Crippen LogP contribution in [0.1, 0.15) is 25.7 Å². The first kappa shape index (κ1) is 11.8.